The van der Waals surface area contributed by atoms with Crippen LogP contribution in [0, 0.1) is 12.3 Å². The summed E-state index contributed by atoms with van der Waals surface area (Å²) in [6.45, 7) is 0.199. The average molecular weight is 232 g/mol. The topological polar surface area (TPSA) is 79.3 Å². The third kappa shape index (κ3) is 4.34. The SMILES string of the molecule is C#CCCC(=O)NCc1cc(C(=O)O)ccn1. The van der Waals surface area contributed by atoms with Crippen LogP contribution in [0.4, 0.5) is 0 Å². The summed E-state index contributed by atoms with van der Waals surface area (Å²) < 4.78 is 0. The quantitative estimate of drug-likeness (QED) is 0.736. The molecule has 5 heteroatoms. The zero-order chi connectivity index (χ0) is 12.7. The summed E-state index contributed by atoms with van der Waals surface area (Å²) in [5.74, 6) is 1.17. The van der Waals surface area contributed by atoms with Gasteiger partial charge >= 0.3 is 5.97 Å². The highest BCUT2D eigenvalue weighted by Gasteiger charge is 2.05. The lowest BCUT2D eigenvalue weighted by molar-refractivity contribution is -0.121. The number of carboxylic acids is 1. The molecule has 0 fully saturated rings. The van der Waals surface area contributed by atoms with Crippen molar-refractivity contribution >= 4 is 11.9 Å². The number of carboxylic acid groups (broad SMARTS) is 1. The van der Waals surface area contributed by atoms with Crippen molar-refractivity contribution < 1.29 is 14.7 Å². The Hall–Kier alpha value is -2.35. The molecule has 2 N–H and O–H groups in total. The molecule has 0 aromatic carbocycles. The van der Waals surface area contributed by atoms with E-state index in [1.165, 1.54) is 18.3 Å². The van der Waals surface area contributed by atoms with Gasteiger partial charge < -0.3 is 10.4 Å². The Morgan fingerprint density at radius 1 is 1.53 bits per heavy atom. The van der Waals surface area contributed by atoms with Crippen LogP contribution in [-0.2, 0) is 11.3 Å². The molecule has 0 aliphatic heterocycles. The lowest BCUT2D eigenvalue weighted by Gasteiger charge is -2.04. The van der Waals surface area contributed by atoms with Gasteiger partial charge in [0.1, 0.15) is 0 Å². The Morgan fingerprint density at radius 2 is 2.29 bits per heavy atom. The Bertz CT molecular complexity index is 463. The molecule has 0 aliphatic carbocycles. The van der Waals surface area contributed by atoms with E-state index in [0.29, 0.717) is 12.1 Å². The van der Waals surface area contributed by atoms with Crippen molar-refractivity contribution in [3.8, 4) is 12.3 Å². The Labute approximate surface area is 98.9 Å². The van der Waals surface area contributed by atoms with E-state index in [-0.39, 0.29) is 24.4 Å². The number of pyridine rings is 1. The average Bonchev–Trinajstić information content (AvgIpc) is 2.34. The van der Waals surface area contributed by atoms with Gasteiger partial charge in [-0.3, -0.25) is 9.78 Å². The number of aromatic carboxylic acids is 1. The standard InChI is InChI=1S/C12H12N2O3/c1-2-3-4-11(15)14-8-10-7-9(12(16)17)5-6-13-10/h1,5-7H,3-4,8H2,(H,14,15)(H,16,17). The fourth-order valence-electron chi connectivity index (χ4n) is 1.17. The van der Waals surface area contributed by atoms with Gasteiger partial charge in [0.15, 0.2) is 0 Å². The summed E-state index contributed by atoms with van der Waals surface area (Å²) in [6.07, 6.45) is 7.07. The van der Waals surface area contributed by atoms with E-state index in [1.807, 2.05) is 0 Å². The van der Waals surface area contributed by atoms with Gasteiger partial charge in [-0.2, -0.15) is 0 Å². The second-order valence-corrected chi connectivity index (χ2v) is 3.32. The second kappa shape index (κ2) is 6.28. The zero-order valence-electron chi connectivity index (χ0n) is 9.14. The minimum Gasteiger partial charge on any atom is -0.478 e. The normalized spacial score (nSPS) is 9.35. The number of hydrogen-bond acceptors (Lipinski definition) is 3. The molecule has 1 aromatic heterocycles. The number of nitrogens with one attached hydrogen (secondary N) is 1. The Balaban J connectivity index is 2.52. The van der Waals surface area contributed by atoms with Gasteiger partial charge in [0.2, 0.25) is 5.91 Å². The minimum absolute atomic E-state index is 0.146. The number of carbonyl (C=O) groups excluding carboxylic acids is 1. The third-order valence-corrected chi connectivity index (χ3v) is 2.03. The van der Waals surface area contributed by atoms with Gasteiger partial charge in [-0.15, -0.1) is 12.3 Å². The van der Waals surface area contributed by atoms with Crippen LogP contribution < -0.4 is 5.32 Å². The first-order valence-electron chi connectivity index (χ1n) is 5.02. The summed E-state index contributed by atoms with van der Waals surface area (Å²) in [6, 6.07) is 2.82. The molecule has 1 rings (SSSR count). The van der Waals surface area contributed by atoms with Crippen molar-refractivity contribution in [3.05, 3.63) is 29.6 Å². The van der Waals surface area contributed by atoms with E-state index in [9.17, 15) is 9.59 Å². The number of amides is 1. The molecule has 0 spiro atoms. The van der Waals surface area contributed by atoms with Crippen molar-refractivity contribution in [1.82, 2.24) is 10.3 Å². The van der Waals surface area contributed by atoms with Crippen LogP contribution in [0.15, 0.2) is 18.3 Å². The maximum absolute atomic E-state index is 11.2. The van der Waals surface area contributed by atoms with Crippen LogP contribution in [-0.4, -0.2) is 22.0 Å². The lowest BCUT2D eigenvalue weighted by atomic mass is 10.2. The molecule has 0 saturated carbocycles. The third-order valence-electron chi connectivity index (χ3n) is 2.03. The van der Waals surface area contributed by atoms with Crippen LogP contribution in [0.1, 0.15) is 28.9 Å². The molecule has 0 unspecified atom stereocenters. The van der Waals surface area contributed by atoms with E-state index in [1.54, 1.807) is 0 Å². The van der Waals surface area contributed by atoms with Crippen molar-refractivity contribution in [2.75, 3.05) is 0 Å². The van der Waals surface area contributed by atoms with Gasteiger partial charge in [0.05, 0.1) is 17.8 Å². The number of carbonyl (C=O) groups is 2. The van der Waals surface area contributed by atoms with Crippen LogP contribution in [0.2, 0.25) is 0 Å². The molecular weight excluding hydrogens is 220 g/mol. The van der Waals surface area contributed by atoms with Crippen molar-refractivity contribution in [1.29, 1.82) is 0 Å². The highest BCUT2D eigenvalue weighted by atomic mass is 16.4. The Kier molecular flexibility index (Phi) is 4.70. The monoisotopic (exact) mass is 232 g/mol. The minimum atomic E-state index is -1.02. The van der Waals surface area contributed by atoms with Gasteiger partial charge in [-0.25, -0.2) is 4.79 Å². The predicted molar refractivity (Wildman–Crippen MR) is 61.1 cm³/mol. The first kappa shape index (κ1) is 12.7. The smallest absolute Gasteiger partial charge is 0.335 e. The van der Waals surface area contributed by atoms with Gasteiger partial charge in [-0.05, 0) is 12.1 Å². The molecule has 1 amide bonds. The van der Waals surface area contributed by atoms with E-state index < -0.39 is 5.97 Å². The van der Waals surface area contributed by atoms with E-state index >= 15 is 0 Å². The molecule has 0 aliphatic rings. The van der Waals surface area contributed by atoms with Crippen LogP contribution in [0.25, 0.3) is 0 Å². The van der Waals surface area contributed by atoms with Crippen LogP contribution >= 0.6 is 0 Å². The summed E-state index contributed by atoms with van der Waals surface area (Å²) >= 11 is 0. The fourth-order valence-corrected chi connectivity index (χ4v) is 1.17. The highest BCUT2D eigenvalue weighted by Crippen LogP contribution is 2.01. The summed E-state index contributed by atoms with van der Waals surface area (Å²) in [5, 5.41) is 11.4. The van der Waals surface area contributed by atoms with E-state index in [2.05, 4.69) is 16.2 Å². The Morgan fingerprint density at radius 3 is 2.94 bits per heavy atom. The van der Waals surface area contributed by atoms with Crippen molar-refractivity contribution in [3.63, 3.8) is 0 Å². The molecule has 5 nitrogen and oxygen atoms in total. The van der Waals surface area contributed by atoms with Gasteiger partial charge in [0.25, 0.3) is 0 Å². The molecule has 17 heavy (non-hydrogen) atoms. The second-order valence-electron chi connectivity index (χ2n) is 3.32. The van der Waals surface area contributed by atoms with Crippen molar-refractivity contribution in [2.24, 2.45) is 0 Å². The van der Waals surface area contributed by atoms with Crippen LogP contribution in [0.5, 0.6) is 0 Å². The summed E-state index contributed by atoms with van der Waals surface area (Å²) in [7, 11) is 0. The predicted octanol–water partition coefficient (Wildman–Crippen LogP) is 0.809. The number of terminal acetylenes is 1. The van der Waals surface area contributed by atoms with Gasteiger partial charge in [0, 0.05) is 19.0 Å². The van der Waals surface area contributed by atoms with Crippen molar-refractivity contribution in [2.45, 2.75) is 19.4 Å². The first-order chi connectivity index (χ1) is 8.13. The molecule has 0 atom stereocenters. The molecule has 0 saturated heterocycles. The molecular formula is C12H12N2O3. The van der Waals surface area contributed by atoms with E-state index in [4.69, 9.17) is 11.5 Å². The number of rotatable bonds is 5. The summed E-state index contributed by atoms with van der Waals surface area (Å²) in [4.78, 5) is 25.9. The largest absolute Gasteiger partial charge is 0.478 e. The highest BCUT2D eigenvalue weighted by molar-refractivity contribution is 5.87. The molecule has 88 valence electrons. The first-order valence-corrected chi connectivity index (χ1v) is 5.02. The maximum atomic E-state index is 11.2. The number of nitrogens with zero attached hydrogens (tertiary/aromatic N) is 1. The number of hydrogen-bond donors (Lipinski definition) is 2. The molecule has 0 bridgehead atoms. The van der Waals surface area contributed by atoms with E-state index in [0.717, 1.165) is 0 Å². The maximum Gasteiger partial charge on any atom is 0.335 e. The molecule has 1 heterocycles. The molecule has 0 radical (unpaired) electrons. The van der Waals surface area contributed by atoms with Gasteiger partial charge in [-0.1, -0.05) is 0 Å². The lowest BCUT2D eigenvalue weighted by Crippen LogP contribution is -2.22. The molecule has 1 aromatic rings. The fraction of sp³-hybridized carbons (Fsp3) is 0.250. The number of aromatic nitrogens is 1. The van der Waals surface area contributed by atoms with Crippen LogP contribution in [0.3, 0.4) is 0 Å². The zero-order valence-corrected chi connectivity index (χ0v) is 9.14. The summed E-state index contributed by atoms with van der Waals surface area (Å²) in [5.41, 5.74) is 0.645.